The van der Waals surface area contributed by atoms with Crippen LogP contribution in [0.2, 0.25) is 10.0 Å². The molecule has 1 aliphatic heterocycles. The van der Waals surface area contributed by atoms with Gasteiger partial charge in [-0.25, -0.2) is 0 Å². The summed E-state index contributed by atoms with van der Waals surface area (Å²) in [4.78, 5) is 26.7. The number of rotatable bonds is 5. The fourth-order valence-electron chi connectivity index (χ4n) is 3.03. The maximum atomic E-state index is 12.5. The molecule has 0 aliphatic carbocycles. The first-order valence-corrected chi connectivity index (χ1v) is 9.41. The van der Waals surface area contributed by atoms with Crippen molar-refractivity contribution in [1.82, 2.24) is 10.2 Å². The molecule has 1 N–H and O–H groups in total. The van der Waals surface area contributed by atoms with E-state index < -0.39 is 0 Å². The summed E-state index contributed by atoms with van der Waals surface area (Å²) in [5.74, 6) is -0.212. The molecule has 1 heterocycles. The molecule has 1 saturated heterocycles. The van der Waals surface area contributed by atoms with Gasteiger partial charge in [0.1, 0.15) is 0 Å². The summed E-state index contributed by atoms with van der Waals surface area (Å²) in [5, 5.41) is 4.04. The van der Waals surface area contributed by atoms with Crippen molar-refractivity contribution in [2.24, 2.45) is 0 Å². The van der Waals surface area contributed by atoms with E-state index in [2.05, 4.69) is 5.32 Å². The van der Waals surface area contributed by atoms with E-state index in [-0.39, 0.29) is 11.8 Å². The highest BCUT2D eigenvalue weighted by Gasteiger charge is 2.20. The van der Waals surface area contributed by atoms with Crippen LogP contribution in [0.25, 0.3) is 0 Å². The van der Waals surface area contributed by atoms with Crippen LogP contribution in [0.3, 0.4) is 0 Å². The minimum Gasteiger partial charge on any atom is -0.352 e. The monoisotopic (exact) mass is 390 g/mol. The van der Waals surface area contributed by atoms with Gasteiger partial charge in [-0.15, -0.1) is 0 Å². The van der Waals surface area contributed by atoms with Crippen LogP contribution in [-0.2, 0) is 6.42 Å². The summed E-state index contributed by atoms with van der Waals surface area (Å²) in [7, 11) is 0. The number of nitrogens with zero attached hydrogens (tertiary/aromatic N) is 1. The predicted molar refractivity (Wildman–Crippen MR) is 104 cm³/mol. The molecule has 0 bridgehead atoms. The molecule has 0 unspecified atom stereocenters. The first-order chi connectivity index (χ1) is 12.5. The SMILES string of the molecule is O=C(NCCc1ccc(Cl)cc1Cl)c1cccc(C(=O)N2CCCC2)c1. The van der Waals surface area contributed by atoms with Crippen LogP contribution in [0.5, 0.6) is 0 Å². The van der Waals surface area contributed by atoms with Crippen molar-refractivity contribution in [2.45, 2.75) is 19.3 Å². The van der Waals surface area contributed by atoms with Crippen LogP contribution in [0.4, 0.5) is 0 Å². The standard InChI is InChI=1S/C20H20Cl2N2O2/c21-17-7-6-14(18(22)13-17)8-9-23-19(25)15-4-3-5-16(12-15)20(26)24-10-1-2-11-24/h3-7,12-13H,1-2,8-11H2,(H,23,25). The summed E-state index contributed by atoms with van der Waals surface area (Å²) in [5.41, 5.74) is 1.96. The minimum atomic E-state index is -0.203. The summed E-state index contributed by atoms with van der Waals surface area (Å²) in [6, 6.07) is 12.2. The Balaban J connectivity index is 1.59. The van der Waals surface area contributed by atoms with Crippen molar-refractivity contribution >= 4 is 35.0 Å². The van der Waals surface area contributed by atoms with E-state index in [1.165, 1.54) is 0 Å². The van der Waals surface area contributed by atoms with Crippen LogP contribution in [-0.4, -0.2) is 36.3 Å². The number of halogens is 2. The number of hydrogen-bond acceptors (Lipinski definition) is 2. The second-order valence-electron chi connectivity index (χ2n) is 6.32. The Morgan fingerprint density at radius 3 is 2.46 bits per heavy atom. The highest BCUT2D eigenvalue weighted by molar-refractivity contribution is 6.35. The van der Waals surface area contributed by atoms with Gasteiger partial charge in [0.25, 0.3) is 11.8 Å². The molecule has 0 spiro atoms. The van der Waals surface area contributed by atoms with Crippen LogP contribution >= 0.6 is 23.2 Å². The third-order valence-corrected chi connectivity index (χ3v) is 5.05. The third kappa shape index (κ3) is 4.57. The molecule has 2 amide bonds. The molecule has 26 heavy (non-hydrogen) atoms. The average Bonchev–Trinajstić information content (AvgIpc) is 3.17. The second-order valence-corrected chi connectivity index (χ2v) is 7.17. The quantitative estimate of drug-likeness (QED) is 0.831. The minimum absolute atomic E-state index is 0.00917. The van der Waals surface area contributed by atoms with E-state index in [9.17, 15) is 9.59 Å². The molecule has 136 valence electrons. The zero-order valence-corrected chi connectivity index (χ0v) is 15.8. The highest BCUT2D eigenvalue weighted by Crippen LogP contribution is 2.21. The fourth-order valence-corrected chi connectivity index (χ4v) is 3.54. The lowest BCUT2D eigenvalue weighted by Gasteiger charge is -2.15. The average molecular weight is 391 g/mol. The van der Waals surface area contributed by atoms with Crippen molar-refractivity contribution in [2.75, 3.05) is 19.6 Å². The molecule has 2 aromatic rings. The van der Waals surface area contributed by atoms with Crippen LogP contribution in [0, 0.1) is 0 Å². The number of benzene rings is 2. The lowest BCUT2D eigenvalue weighted by atomic mass is 10.1. The number of amides is 2. The van der Waals surface area contributed by atoms with Crippen molar-refractivity contribution in [1.29, 1.82) is 0 Å². The van der Waals surface area contributed by atoms with E-state index in [0.717, 1.165) is 31.5 Å². The molecule has 2 aromatic carbocycles. The van der Waals surface area contributed by atoms with Crippen molar-refractivity contribution in [3.8, 4) is 0 Å². The smallest absolute Gasteiger partial charge is 0.253 e. The van der Waals surface area contributed by atoms with Gasteiger partial charge in [0.2, 0.25) is 0 Å². The Morgan fingerprint density at radius 2 is 1.73 bits per heavy atom. The predicted octanol–water partition coefficient (Wildman–Crippen LogP) is 4.20. The van der Waals surface area contributed by atoms with E-state index in [0.29, 0.717) is 34.1 Å². The number of likely N-dealkylation sites (tertiary alicyclic amines) is 1. The van der Waals surface area contributed by atoms with Crippen molar-refractivity contribution in [3.63, 3.8) is 0 Å². The lowest BCUT2D eigenvalue weighted by Crippen LogP contribution is -2.29. The van der Waals surface area contributed by atoms with Crippen LogP contribution < -0.4 is 5.32 Å². The molecular formula is C20H20Cl2N2O2. The van der Waals surface area contributed by atoms with Gasteiger partial charge in [-0.05, 0) is 55.2 Å². The Morgan fingerprint density at radius 1 is 1.00 bits per heavy atom. The van der Waals surface area contributed by atoms with Gasteiger partial charge in [0.05, 0.1) is 0 Å². The number of carbonyl (C=O) groups excluding carboxylic acids is 2. The normalized spacial score (nSPS) is 13.7. The molecule has 6 heteroatoms. The molecule has 1 fully saturated rings. The summed E-state index contributed by atoms with van der Waals surface area (Å²) >= 11 is 12.0. The molecule has 0 radical (unpaired) electrons. The molecular weight excluding hydrogens is 371 g/mol. The first-order valence-electron chi connectivity index (χ1n) is 8.66. The maximum Gasteiger partial charge on any atom is 0.253 e. The first kappa shape index (κ1) is 18.7. The van der Waals surface area contributed by atoms with Gasteiger partial charge in [0, 0.05) is 40.8 Å². The Hall–Kier alpha value is -2.04. The lowest BCUT2D eigenvalue weighted by molar-refractivity contribution is 0.0793. The molecule has 3 rings (SSSR count). The van der Waals surface area contributed by atoms with Gasteiger partial charge < -0.3 is 10.2 Å². The fraction of sp³-hybridized carbons (Fsp3) is 0.300. The summed E-state index contributed by atoms with van der Waals surface area (Å²) in [6.07, 6.45) is 2.69. The summed E-state index contributed by atoms with van der Waals surface area (Å²) < 4.78 is 0. The maximum absolute atomic E-state index is 12.5. The van der Waals surface area contributed by atoms with Crippen LogP contribution in [0.1, 0.15) is 39.1 Å². The van der Waals surface area contributed by atoms with E-state index in [1.807, 2.05) is 11.0 Å². The zero-order valence-electron chi connectivity index (χ0n) is 14.3. The Kier molecular flexibility index (Phi) is 6.17. The number of carbonyl (C=O) groups is 2. The van der Waals surface area contributed by atoms with Gasteiger partial charge in [-0.2, -0.15) is 0 Å². The van der Waals surface area contributed by atoms with Crippen molar-refractivity contribution in [3.05, 3.63) is 69.2 Å². The van der Waals surface area contributed by atoms with E-state index in [1.54, 1.807) is 36.4 Å². The molecule has 1 aliphatic rings. The zero-order chi connectivity index (χ0) is 18.5. The Bertz CT molecular complexity index is 817. The summed E-state index contributed by atoms with van der Waals surface area (Å²) in [6.45, 7) is 2.03. The van der Waals surface area contributed by atoms with Gasteiger partial charge in [-0.3, -0.25) is 9.59 Å². The molecule has 0 aromatic heterocycles. The molecule has 4 nitrogen and oxygen atoms in total. The second kappa shape index (κ2) is 8.56. The third-order valence-electron chi connectivity index (χ3n) is 4.46. The number of hydrogen-bond donors (Lipinski definition) is 1. The van der Waals surface area contributed by atoms with Crippen LogP contribution in [0.15, 0.2) is 42.5 Å². The molecule has 0 atom stereocenters. The largest absolute Gasteiger partial charge is 0.352 e. The number of nitrogens with one attached hydrogen (secondary N) is 1. The van der Waals surface area contributed by atoms with Gasteiger partial charge in [0.15, 0.2) is 0 Å². The van der Waals surface area contributed by atoms with E-state index >= 15 is 0 Å². The molecule has 0 saturated carbocycles. The van der Waals surface area contributed by atoms with E-state index in [4.69, 9.17) is 23.2 Å². The topological polar surface area (TPSA) is 49.4 Å². The Labute approximate surface area is 163 Å². The van der Waals surface area contributed by atoms with Crippen molar-refractivity contribution < 1.29 is 9.59 Å². The van der Waals surface area contributed by atoms with Gasteiger partial charge in [-0.1, -0.05) is 35.3 Å². The van der Waals surface area contributed by atoms with Gasteiger partial charge >= 0.3 is 0 Å². The highest BCUT2D eigenvalue weighted by atomic mass is 35.5.